The van der Waals surface area contributed by atoms with Crippen LogP contribution >= 0.6 is 0 Å². The molecular formula is C11H18N4O3. The van der Waals surface area contributed by atoms with E-state index in [1.807, 2.05) is 6.92 Å². The zero-order chi connectivity index (χ0) is 13.1. The lowest BCUT2D eigenvalue weighted by atomic mass is 10.0. The Labute approximate surface area is 105 Å². The number of hydrogen-bond donors (Lipinski definition) is 2. The number of carbonyl (C=O) groups excluding carboxylic acids is 3. The molecule has 18 heavy (non-hydrogen) atoms. The number of amides is 5. The van der Waals surface area contributed by atoms with Crippen molar-refractivity contribution in [2.75, 3.05) is 26.2 Å². The van der Waals surface area contributed by atoms with Crippen LogP contribution in [0.15, 0.2) is 0 Å². The van der Waals surface area contributed by atoms with E-state index in [9.17, 15) is 14.4 Å². The van der Waals surface area contributed by atoms with Gasteiger partial charge in [-0.2, -0.15) is 0 Å². The summed E-state index contributed by atoms with van der Waals surface area (Å²) >= 11 is 0. The maximum absolute atomic E-state index is 11.6. The largest absolute Gasteiger partial charge is 0.338 e. The lowest BCUT2D eigenvalue weighted by Crippen LogP contribution is -2.51. The van der Waals surface area contributed by atoms with Gasteiger partial charge in [-0.25, -0.2) is 9.59 Å². The van der Waals surface area contributed by atoms with Crippen molar-refractivity contribution in [1.29, 1.82) is 0 Å². The fraction of sp³-hybridized carbons (Fsp3) is 0.727. The Morgan fingerprint density at radius 2 is 2.06 bits per heavy atom. The molecule has 0 spiro atoms. The lowest BCUT2D eigenvalue weighted by Gasteiger charge is -2.35. The van der Waals surface area contributed by atoms with Crippen LogP contribution in [-0.2, 0) is 4.79 Å². The normalized spacial score (nSPS) is 21.2. The van der Waals surface area contributed by atoms with Gasteiger partial charge in [-0.05, 0) is 19.8 Å². The smallest absolute Gasteiger partial charge is 0.324 e. The van der Waals surface area contributed by atoms with Gasteiger partial charge in [0.2, 0.25) is 5.91 Å². The molecule has 0 radical (unpaired) electrons. The van der Waals surface area contributed by atoms with Crippen LogP contribution in [-0.4, -0.2) is 60.0 Å². The maximum Gasteiger partial charge on any atom is 0.324 e. The fourth-order valence-electron chi connectivity index (χ4n) is 2.39. The highest BCUT2D eigenvalue weighted by atomic mass is 16.2. The molecule has 0 atom stereocenters. The van der Waals surface area contributed by atoms with Crippen LogP contribution in [0.25, 0.3) is 0 Å². The molecule has 0 saturated carbocycles. The van der Waals surface area contributed by atoms with Crippen molar-refractivity contribution in [3.63, 3.8) is 0 Å². The summed E-state index contributed by atoms with van der Waals surface area (Å²) < 4.78 is 0. The van der Waals surface area contributed by atoms with Crippen molar-refractivity contribution >= 4 is 18.0 Å². The summed E-state index contributed by atoms with van der Waals surface area (Å²) in [7, 11) is 0. The molecule has 0 bridgehead atoms. The van der Waals surface area contributed by atoms with E-state index in [0.29, 0.717) is 32.5 Å². The van der Waals surface area contributed by atoms with Gasteiger partial charge in [0, 0.05) is 25.7 Å². The molecule has 2 fully saturated rings. The van der Waals surface area contributed by atoms with Crippen LogP contribution in [0.3, 0.4) is 0 Å². The Bertz CT molecular complexity index is 347. The first kappa shape index (κ1) is 12.7. The summed E-state index contributed by atoms with van der Waals surface area (Å²) in [6, 6.07) is -0.463. The van der Waals surface area contributed by atoms with Crippen molar-refractivity contribution in [2.24, 2.45) is 0 Å². The van der Waals surface area contributed by atoms with Crippen LogP contribution in [0.5, 0.6) is 0 Å². The van der Waals surface area contributed by atoms with Gasteiger partial charge in [0.25, 0.3) is 0 Å². The van der Waals surface area contributed by atoms with E-state index >= 15 is 0 Å². The van der Waals surface area contributed by atoms with Crippen LogP contribution in [0, 0.1) is 0 Å². The number of carbonyl (C=O) groups is 3. The van der Waals surface area contributed by atoms with Gasteiger partial charge in [-0.15, -0.1) is 0 Å². The van der Waals surface area contributed by atoms with Crippen molar-refractivity contribution < 1.29 is 14.4 Å². The maximum atomic E-state index is 11.6. The minimum Gasteiger partial charge on any atom is -0.338 e. The highest BCUT2D eigenvalue weighted by Gasteiger charge is 2.37. The van der Waals surface area contributed by atoms with Gasteiger partial charge in [-0.3, -0.25) is 9.69 Å². The molecule has 2 N–H and O–H groups in total. The molecule has 5 amide bonds. The van der Waals surface area contributed by atoms with E-state index in [1.165, 1.54) is 4.90 Å². The third-order valence-corrected chi connectivity index (χ3v) is 3.32. The predicted molar refractivity (Wildman–Crippen MR) is 63.9 cm³/mol. The van der Waals surface area contributed by atoms with E-state index in [4.69, 9.17) is 0 Å². The summed E-state index contributed by atoms with van der Waals surface area (Å²) in [6.45, 7) is 3.72. The molecule has 7 nitrogen and oxygen atoms in total. The number of imide groups is 1. The highest BCUT2D eigenvalue weighted by Crippen LogP contribution is 2.18. The molecule has 0 aromatic rings. The van der Waals surface area contributed by atoms with Gasteiger partial charge in [-0.1, -0.05) is 0 Å². The Hall–Kier alpha value is -1.79. The lowest BCUT2D eigenvalue weighted by molar-refractivity contribution is -0.127. The molecule has 2 aliphatic rings. The average Bonchev–Trinajstić information content (AvgIpc) is 2.70. The highest BCUT2D eigenvalue weighted by molar-refractivity contribution is 6.02. The molecule has 7 heteroatoms. The molecular weight excluding hydrogens is 236 g/mol. The van der Waals surface area contributed by atoms with E-state index < -0.39 is 0 Å². The van der Waals surface area contributed by atoms with Crippen molar-refractivity contribution in [1.82, 2.24) is 20.4 Å². The summed E-state index contributed by atoms with van der Waals surface area (Å²) in [5.41, 5.74) is 0. The SMILES string of the molecule is CCNC(=O)N1CCC(N2C(=O)CNC2=O)CC1. The monoisotopic (exact) mass is 254 g/mol. The van der Waals surface area contributed by atoms with Crippen LogP contribution in [0.1, 0.15) is 19.8 Å². The fourth-order valence-corrected chi connectivity index (χ4v) is 2.39. The van der Waals surface area contributed by atoms with Gasteiger partial charge in [0.05, 0.1) is 6.54 Å². The summed E-state index contributed by atoms with van der Waals surface area (Å²) in [6.07, 6.45) is 1.30. The molecule has 2 saturated heterocycles. The van der Waals surface area contributed by atoms with E-state index in [-0.39, 0.29) is 30.6 Å². The van der Waals surface area contributed by atoms with Crippen molar-refractivity contribution in [3.05, 3.63) is 0 Å². The Morgan fingerprint density at radius 3 is 2.56 bits per heavy atom. The molecule has 2 rings (SSSR count). The minimum absolute atomic E-state index is 0.0758. The zero-order valence-corrected chi connectivity index (χ0v) is 10.4. The first-order chi connectivity index (χ1) is 8.63. The molecule has 0 unspecified atom stereocenters. The number of nitrogens with one attached hydrogen (secondary N) is 2. The van der Waals surface area contributed by atoms with E-state index in [1.54, 1.807) is 4.90 Å². The van der Waals surface area contributed by atoms with Crippen LogP contribution in [0.4, 0.5) is 9.59 Å². The number of urea groups is 2. The number of rotatable bonds is 2. The Kier molecular flexibility index (Phi) is 3.69. The average molecular weight is 254 g/mol. The molecule has 2 heterocycles. The number of hydrogen-bond acceptors (Lipinski definition) is 3. The van der Waals surface area contributed by atoms with Crippen molar-refractivity contribution in [2.45, 2.75) is 25.8 Å². The van der Waals surface area contributed by atoms with Crippen molar-refractivity contribution in [3.8, 4) is 0 Å². The first-order valence-corrected chi connectivity index (χ1v) is 6.26. The second-order valence-corrected chi connectivity index (χ2v) is 4.48. The molecule has 0 aromatic carbocycles. The molecule has 2 aliphatic heterocycles. The minimum atomic E-state index is -0.309. The third kappa shape index (κ3) is 2.39. The molecule has 0 aliphatic carbocycles. The topological polar surface area (TPSA) is 81.8 Å². The van der Waals surface area contributed by atoms with E-state index in [0.717, 1.165) is 0 Å². The Balaban J connectivity index is 1.88. The first-order valence-electron chi connectivity index (χ1n) is 6.26. The second-order valence-electron chi connectivity index (χ2n) is 4.48. The number of nitrogens with zero attached hydrogens (tertiary/aromatic N) is 2. The Morgan fingerprint density at radius 1 is 1.39 bits per heavy atom. The zero-order valence-electron chi connectivity index (χ0n) is 10.4. The van der Waals surface area contributed by atoms with Crippen LogP contribution in [0.2, 0.25) is 0 Å². The summed E-state index contributed by atoms with van der Waals surface area (Å²) in [5, 5.41) is 5.26. The molecule has 0 aromatic heterocycles. The van der Waals surface area contributed by atoms with Crippen LogP contribution < -0.4 is 10.6 Å². The van der Waals surface area contributed by atoms with Gasteiger partial charge in [0.1, 0.15) is 0 Å². The summed E-state index contributed by atoms with van der Waals surface area (Å²) in [5.74, 6) is -0.170. The third-order valence-electron chi connectivity index (χ3n) is 3.32. The molecule has 100 valence electrons. The predicted octanol–water partition coefficient (Wildman–Crippen LogP) is -0.268. The summed E-state index contributed by atoms with van der Waals surface area (Å²) in [4.78, 5) is 37.7. The second kappa shape index (κ2) is 5.24. The number of piperidine rings is 1. The standard InChI is InChI=1S/C11H18N4O3/c1-2-12-10(17)14-5-3-8(4-6-14)15-9(16)7-13-11(15)18/h8H,2-7H2,1H3,(H,12,17)(H,13,18). The number of likely N-dealkylation sites (tertiary alicyclic amines) is 1. The van der Waals surface area contributed by atoms with Gasteiger partial charge < -0.3 is 15.5 Å². The van der Waals surface area contributed by atoms with Gasteiger partial charge >= 0.3 is 12.1 Å². The van der Waals surface area contributed by atoms with Gasteiger partial charge in [0.15, 0.2) is 0 Å². The quantitative estimate of drug-likeness (QED) is 0.666. The van der Waals surface area contributed by atoms with E-state index in [2.05, 4.69) is 10.6 Å².